The first-order valence-corrected chi connectivity index (χ1v) is 11.8. The summed E-state index contributed by atoms with van der Waals surface area (Å²) < 4.78 is 26.9. The van der Waals surface area contributed by atoms with Gasteiger partial charge in [-0.3, -0.25) is 14.6 Å². The standard InChI is InChI=1S/C27H38N2O8/c1-11-21(34-9)25(37-18(6)30)24(28-7)26(31)29-16(4)27(32)36-17(5)23(15(2)3)20-13-12-19(33-8)14-22(20)35-10/h11-17,23H,7H2,1-6,8-10H3,(H,29,31)/b21-11+,25-24+/t16-,17-,23+/m0/s1. The highest BCUT2D eigenvalue weighted by molar-refractivity contribution is 5.97. The van der Waals surface area contributed by atoms with E-state index in [4.69, 9.17) is 23.7 Å². The van der Waals surface area contributed by atoms with Gasteiger partial charge >= 0.3 is 11.9 Å². The van der Waals surface area contributed by atoms with E-state index in [1.54, 1.807) is 34.1 Å². The van der Waals surface area contributed by atoms with Crippen molar-refractivity contribution < 1.29 is 38.1 Å². The third-order valence-electron chi connectivity index (χ3n) is 5.57. The Morgan fingerprint density at radius 2 is 1.70 bits per heavy atom. The van der Waals surface area contributed by atoms with Crippen LogP contribution in [0.15, 0.2) is 46.5 Å². The maximum atomic E-state index is 12.9. The van der Waals surface area contributed by atoms with E-state index in [-0.39, 0.29) is 29.1 Å². The summed E-state index contributed by atoms with van der Waals surface area (Å²) in [4.78, 5) is 41.1. The molecule has 10 heteroatoms. The van der Waals surface area contributed by atoms with Gasteiger partial charge in [0.2, 0.25) is 5.76 Å². The van der Waals surface area contributed by atoms with Crippen LogP contribution in [0.1, 0.15) is 53.0 Å². The molecule has 0 aliphatic rings. The summed E-state index contributed by atoms with van der Waals surface area (Å²) in [6.45, 7) is 13.5. The SMILES string of the molecule is C=N/C(C(=O)N[C@@H](C)C(=O)O[C@@H](C)[C@H](c1ccc(OC)cc1OC)C(C)C)=C(OC(C)=O)\C(=C/C)OC. The number of methoxy groups -OCH3 is 3. The summed E-state index contributed by atoms with van der Waals surface area (Å²) in [5.74, 6) is -1.10. The molecule has 0 bridgehead atoms. The van der Waals surface area contributed by atoms with Crippen molar-refractivity contribution in [1.29, 1.82) is 0 Å². The number of esters is 2. The van der Waals surface area contributed by atoms with E-state index in [0.29, 0.717) is 11.5 Å². The molecule has 0 aliphatic heterocycles. The molecular formula is C27H38N2O8. The van der Waals surface area contributed by atoms with Crippen LogP contribution in [-0.4, -0.2) is 58.0 Å². The lowest BCUT2D eigenvalue weighted by Crippen LogP contribution is -2.42. The van der Waals surface area contributed by atoms with E-state index in [1.807, 2.05) is 26.0 Å². The van der Waals surface area contributed by atoms with Gasteiger partial charge in [-0.15, -0.1) is 0 Å². The van der Waals surface area contributed by atoms with Crippen LogP contribution in [-0.2, 0) is 28.6 Å². The van der Waals surface area contributed by atoms with E-state index in [2.05, 4.69) is 17.0 Å². The first kappa shape index (κ1) is 31.2. The third-order valence-corrected chi connectivity index (χ3v) is 5.57. The fraction of sp³-hybridized carbons (Fsp3) is 0.481. The number of nitrogens with zero attached hydrogens (tertiary/aromatic N) is 1. The molecule has 0 fully saturated rings. The molecule has 1 aromatic carbocycles. The summed E-state index contributed by atoms with van der Waals surface area (Å²) in [7, 11) is 4.48. The number of carbonyl (C=O) groups excluding carboxylic acids is 3. The molecule has 1 N–H and O–H groups in total. The highest BCUT2D eigenvalue weighted by Crippen LogP contribution is 2.37. The molecule has 0 radical (unpaired) electrons. The first-order chi connectivity index (χ1) is 17.4. The minimum absolute atomic E-state index is 0.0917. The molecule has 0 saturated heterocycles. The van der Waals surface area contributed by atoms with Crippen molar-refractivity contribution in [2.45, 2.75) is 59.6 Å². The van der Waals surface area contributed by atoms with E-state index >= 15 is 0 Å². The van der Waals surface area contributed by atoms with Crippen molar-refractivity contribution in [1.82, 2.24) is 5.32 Å². The summed E-state index contributed by atoms with van der Waals surface area (Å²) in [5.41, 5.74) is 0.543. The highest BCUT2D eigenvalue weighted by atomic mass is 16.6. The number of ether oxygens (including phenoxy) is 5. The Morgan fingerprint density at radius 1 is 1.05 bits per heavy atom. The predicted molar refractivity (Wildman–Crippen MR) is 139 cm³/mol. The first-order valence-electron chi connectivity index (χ1n) is 11.8. The second-order valence-corrected chi connectivity index (χ2v) is 8.50. The zero-order valence-electron chi connectivity index (χ0n) is 23.0. The Bertz CT molecular complexity index is 1040. The molecule has 37 heavy (non-hydrogen) atoms. The van der Waals surface area contributed by atoms with E-state index < -0.39 is 30.0 Å². The predicted octanol–water partition coefficient (Wildman–Crippen LogP) is 3.91. The lowest BCUT2D eigenvalue weighted by atomic mass is 9.83. The number of hydrogen-bond acceptors (Lipinski definition) is 9. The summed E-state index contributed by atoms with van der Waals surface area (Å²) in [6.07, 6.45) is 0.941. The molecule has 3 atom stereocenters. The quantitative estimate of drug-likeness (QED) is 0.137. The Balaban J connectivity index is 3.16. The van der Waals surface area contributed by atoms with Gasteiger partial charge in [-0.05, 0) is 45.5 Å². The summed E-state index contributed by atoms with van der Waals surface area (Å²) in [6, 6.07) is 4.43. The van der Waals surface area contributed by atoms with Crippen molar-refractivity contribution in [3.8, 4) is 11.5 Å². The van der Waals surface area contributed by atoms with E-state index in [0.717, 1.165) is 5.56 Å². The summed E-state index contributed by atoms with van der Waals surface area (Å²) >= 11 is 0. The van der Waals surface area contributed by atoms with Crippen molar-refractivity contribution in [3.63, 3.8) is 0 Å². The van der Waals surface area contributed by atoms with Gasteiger partial charge < -0.3 is 29.0 Å². The molecule has 0 aromatic heterocycles. The average molecular weight is 519 g/mol. The fourth-order valence-corrected chi connectivity index (χ4v) is 3.88. The number of nitrogens with one attached hydrogen (secondary N) is 1. The number of rotatable bonds is 13. The molecular weight excluding hydrogens is 480 g/mol. The second-order valence-electron chi connectivity index (χ2n) is 8.50. The average Bonchev–Trinajstić information content (AvgIpc) is 2.84. The fourth-order valence-electron chi connectivity index (χ4n) is 3.88. The van der Waals surface area contributed by atoms with E-state index in [1.165, 1.54) is 27.0 Å². The monoisotopic (exact) mass is 518 g/mol. The molecule has 10 nitrogen and oxygen atoms in total. The molecule has 0 aliphatic carbocycles. The summed E-state index contributed by atoms with van der Waals surface area (Å²) in [5, 5.41) is 2.52. The van der Waals surface area contributed by atoms with Gasteiger partial charge in [0.1, 0.15) is 23.6 Å². The molecule has 0 saturated carbocycles. The Morgan fingerprint density at radius 3 is 2.16 bits per heavy atom. The second kappa shape index (κ2) is 14.7. The van der Waals surface area contributed by atoms with Crippen LogP contribution in [0.25, 0.3) is 0 Å². The van der Waals surface area contributed by atoms with Crippen LogP contribution >= 0.6 is 0 Å². The largest absolute Gasteiger partial charge is 0.497 e. The van der Waals surface area contributed by atoms with Crippen molar-refractivity contribution in [2.24, 2.45) is 10.9 Å². The number of hydrogen-bond donors (Lipinski definition) is 1. The lowest BCUT2D eigenvalue weighted by Gasteiger charge is -2.30. The molecule has 1 amide bonds. The zero-order chi connectivity index (χ0) is 28.3. The topological polar surface area (TPSA) is 122 Å². The maximum absolute atomic E-state index is 12.9. The molecule has 0 heterocycles. The van der Waals surface area contributed by atoms with Gasteiger partial charge in [0.25, 0.3) is 5.91 Å². The van der Waals surface area contributed by atoms with Crippen LogP contribution in [0, 0.1) is 5.92 Å². The van der Waals surface area contributed by atoms with Crippen molar-refractivity contribution in [2.75, 3.05) is 21.3 Å². The number of carbonyl (C=O) groups is 3. The van der Waals surface area contributed by atoms with Gasteiger partial charge in [-0.1, -0.05) is 19.9 Å². The van der Waals surface area contributed by atoms with Crippen molar-refractivity contribution in [3.05, 3.63) is 47.1 Å². The van der Waals surface area contributed by atoms with Crippen LogP contribution in [0.4, 0.5) is 0 Å². The van der Waals surface area contributed by atoms with Crippen LogP contribution in [0.5, 0.6) is 11.5 Å². The minimum atomic E-state index is -1.05. The molecule has 1 rings (SSSR count). The molecule has 204 valence electrons. The number of allylic oxidation sites excluding steroid dienone is 1. The Kier molecular flexibility index (Phi) is 12.4. The van der Waals surface area contributed by atoms with Gasteiger partial charge in [-0.2, -0.15) is 0 Å². The molecule has 0 spiro atoms. The number of amides is 1. The van der Waals surface area contributed by atoms with E-state index in [9.17, 15) is 14.4 Å². The molecule has 1 aromatic rings. The lowest BCUT2D eigenvalue weighted by molar-refractivity contribution is -0.153. The number of aliphatic imine (C=N–C) groups is 1. The number of benzene rings is 1. The van der Waals surface area contributed by atoms with Crippen LogP contribution in [0.2, 0.25) is 0 Å². The third kappa shape index (κ3) is 8.37. The van der Waals surface area contributed by atoms with Crippen molar-refractivity contribution >= 4 is 24.6 Å². The Hall–Kier alpha value is -3.82. The maximum Gasteiger partial charge on any atom is 0.328 e. The molecule has 0 unspecified atom stereocenters. The minimum Gasteiger partial charge on any atom is -0.497 e. The highest BCUT2D eigenvalue weighted by Gasteiger charge is 2.31. The zero-order valence-corrected chi connectivity index (χ0v) is 23.0. The van der Waals surface area contributed by atoms with Gasteiger partial charge in [0.15, 0.2) is 11.5 Å². The smallest absolute Gasteiger partial charge is 0.328 e. The van der Waals surface area contributed by atoms with Crippen LogP contribution < -0.4 is 14.8 Å². The van der Waals surface area contributed by atoms with Gasteiger partial charge in [0.05, 0.1) is 21.3 Å². The van der Waals surface area contributed by atoms with Crippen LogP contribution in [0.3, 0.4) is 0 Å². The van der Waals surface area contributed by atoms with Gasteiger partial charge in [0, 0.05) is 24.5 Å². The van der Waals surface area contributed by atoms with Gasteiger partial charge in [-0.25, -0.2) is 4.79 Å². The normalized spacial score (nSPS) is 14.5. The Labute approximate surface area is 218 Å².